The zero-order valence-electron chi connectivity index (χ0n) is 15.3. The summed E-state index contributed by atoms with van der Waals surface area (Å²) in [5.41, 5.74) is 0. The largest absolute Gasteiger partial charge is 0.382 e. The molecule has 0 aromatic rings. The van der Waals surface area contributed by atoms with E-state index in [0.717, 1.165) is 0 Å². The minimum Gasteiger partial charge on any atom is -0.382 e. The van der Waals surface area contributed by atoms with Crippen molar-refractivity contribution in [1.82, 2.24) is 5.01 Å². The number of ether oxygens (including phenoxy) is 5. The average molecular weight is 350 g/mol. The molecular weight excluding hydrogens is 316 g/mol. The fourth-order valence-corrected chi connectivity index (χ4v) is 1.59. The van der Waals surface area contributed by atoms with E-state index in [4.69, 9.17) is 29.5 Å². The lowest BCUT2D eigenvalue weighted by Gasteiger charge is -2.17. The molecule has 24 heavy (non-hydrogen) atoms. The summed E-state index contributed by atoms with van der Waals surface area (Å²) in [4.78, 5) is 11.7. The highest BCUT2D eigenvalue weighted by molar-refractivity contribution is 5.75. The quantitative estimate of drug-likeness (QED) is 0.176. The molecule has 0 saturated carbocycles. The molecule has 144 valence electrons. The van der Waals surface area contributed by atoms with Crippen molar-refractivity contribution in [1.29, 1.82) is 0 Å². The number of hydrazine groups is 1. The van der Waals surface area contributed by atoms with Crippen LogP contribution in [-0.4, -0.2) is 84.0 Å². The van der Waals surface area contributed by atoms with Crippen molar-refractivity contribution in [2.75, 3.05) is 73.1 Å². The van der Waals surface area contributed by atoms with Crippen LogP contribution in [0.1, 0.15) is 20.3 Å². The summed E-state index contributed by atoms with van der Waals surface area (Å²) in [6.45, 7) is 9.04. The molecule has 0 aliphatic rings. The van der Waals surface area contributed by atoms with E-state index in [-0.39, 0.29) is 12.3 Å². The molecule has 0 radical (unpaired) electrons. The summed E-state index contributed by atoms with van der Waals surface area (Å²) < 4.78 is 26.2. The molecule has 0 aliphatic heterocycles. The van der Waals surface area contributed by atoms with Crippen LogP contribution in [0.2, 0.25) is 0 Å². The number of rotatable bonds is 17. The number of amides is 1. The van der Waals surface area contributed by atoms with Gasteiger partial charge in [0, 0.05) is 13.7 Å². The summed E-state index contributed by atoms with van der Waals surface area (Å²) >= 11 is 0. The highest BCUT2D eigenvalue weighted by Crippen LogP contribution is 1.95. The molecule has 8 heteroatoms. The Morgan fingerprint density at radius 1 is 0.875 bits per heavy atom. The molecule has 2 N–H and O–H groups in total. The van der Waals surface area contributed by atoms with Gasteiger partial charge in [0.1, 0.15) is 0 Å². The van der Waals surface area contributed by atoms with Gasteiger partial charge in [-0.25, -0.2) is 5.84 Å². The molecule has 0 aliphatic carbocycles. The monoisotopic (exact) mass is 350 g/mol. The number of carbonyl (C=O) groups is 1. The molecule has 0 heterocycles. The second kappa shape index (κ2) is 17.1. The summed E-state index contributed by atoms with van der Waals surface area (Å²) in [5, 5.41) is 1.17. The van der Waals surface area contributed by atoms with Crippen LogP contribution in [-0.2, 0) is 28.5 Å². The Hall–Kier alpha value is -0.770. The molecule has 0 bridgehead atoms. The molecule has 0 aromatic heterocycles. The van der Waals surface area contributed by atoms with E-state index in [1.54, 1.807) is 7.11 Å². The molecular formula is C16H34N2O6. The predicted octanol–water partition coefficient (Wildman–Crippen LogP) is 0.448. The Balaban J connectivity index is 3.33. The second-order valence-electron chi connectivity index (χ2n) is 5.64. The number of carbonyl (C=O) groups excluding carboxylic acids is 1. The molecule has 0 unspecified atom stereocenters. The van der Waals surface area contributed by atoms with Gasteiger partial charge >= 0.3 is 0 Å². The third-order valence-corrected chi connectivity index (χ3v) is 2.88. The molecule has 0 saturated heterocycles. The number of nitrogens with zero attached hydrogens (tertiary/aromatic N) is 1. The first-order chi connectivity index (χ1) is 11.6. The van der Waals surface area contributed by atoms with Gasteiger partial charge in [-0.2, -0.15) is 0 Å². The Labute approximate surface area is 145 Å². The first kappa shape index (κ1) is 23.2. The van der Waals surface area contributed by atoms with Gasteiger partial charge in [0.15, 0.2) is 0 Å². The Bertz CT molecular complexity index is 292. The maximum atomic E-state index is 11.7. The summed E-state index contributed by atoms with van der Waals surface area (Å²) in [7, 11) is 1.63. The summed E-state index contributed by atoms with van der Waals surface area (Å²) in [6.07, 6.45) is 0.287. The number of hydrogen-bond donors (Lipinski definition) is 1. The first-order valence-electron chi connectivity index (χ1n) is 8.42. The predicted molar refractivity (Wildman–Crippen MR) is 90.5 cm³/mol. The van der Waals surface area contributed by atoms with Gasteiger partial charge < -0.3 is 23.7 Å². The van der Waals surface area contributed by atoms with Crippen molar-refractivity contribution in [3.63, 3.8) is 0 Å². The topological polar surface area (TPSA) is 92.5 Å². The minimum absolute atomic E-state index is 0.146. The highest BCUT2D eigenvalue weighted by Gasteiger charge is 2.09. The fourth-order valence-electron chi connectivity index (χ4n) is 1.59. The van der Waals surface area contributed by atoms with Gasteiger partial charge in [0.2, 0.25) is 5.91 Å². The van der Waals surface area contributed by atoms with Gasteiger partial charge in [-0.1, -0.05) is 13.8 Å². The lowest BCUT2D eigenvalue weighted by atomic mass is 10.2. The lowest BCUT2D eigenvalue weighted by molar-refractivity contribution is -0.133. The van der Waals surface area contributed by atoms with E-state index >= 15 is 0 Å². The van der Waals surface area contributed by atoms with E-state index in [1.807, 2.05) is 0 Å². The highest BCUT2D eigenvalue weighted by atomic mass is 16.6. The Morgan fingerprint density at radius 3 is 1.96 bits per heavy atom. The van der Waals surface area contributed by atoms with Crippen LogP contribution in [0.15, 0.2) is 0 Å². The van der Waals surface area contributed by atoms with E-state index in [9.17, 15) is 4.79 Å². The summed E-state index contributed by atoms with van der Waals surface area (Å²) in [6, 6.07) is 0. The Kier molecular flexibility index (Phi) is 16.5. The smallest absolute Gasteiger partial charge is 0.238 e. The van der Waals surface area contributed by atoms with Gasteiger partial charge in [0.05, 0.1) is 65.8 Å². The molecule has 0 rings (SSSR count). The van der Waals surface area contributed by atoms with Crippen molar-refractivity contribution in [3.05, 3.63) is 0 Å². The molecule has 0 spiro atoms. The van der Waals surface area contributed by atoms with Crippen LogP contribution in [0, 0.1) is 5.92 Å². The van der Waals surface area contributed by atoms with Gasteiger partial charge in [-0.05, 0) is 5.92 Å². The number of hydrogen-bond acceptors (Lipinski definition) is 7. The second-order valence-corrected chi connectivity index (χ2v) is 5.64. The Morgan fingerprint density at radius 2 is 1.42 bits per heavy atom. The van der Waals surface area contributed by atoms with Gasteiger partial charge in [0.25, 0.3) is 0 Å². The van der Waals surface area contributed by atoms with Crippen molar-refractivity contribution in [3.8, 4) is 0 Å². The van der Waals surface area contributed by atoms with Crippen molar-refractivity contribution < 1.29 is 28.5 Å². The van der Waals surface area contributed by atoms with E-state index in [1.165, 1.54) is 5.01 Å². The van der Waals surface area contributed by atoms with Gasteiger partial charge in [-0.15, -0.1) is 0 Å². The maximum Gasteiger partial charge on any atom is 0.238 e. The minimum atomic E-state index is -0.146. The average Bonchev–Trinajstić information content (AvgIpc) is 2.56. The van der Waals surface area contributed by atoms with E-state index in [0.29, 0.717) is 71.9 Å². The fraction of sp³-hybridized carbons (Fsp3) is 0.938. The van der Waals surface area contributed by atoms with Crippen molar-refractivity contribution in [2.24, 2.45) is 11.8 Å². The van der Waals surface area contributed by atoms with Crippen LogP contribution >= 0.6 is 0 Å². The third-order valence-electron chi connectivity index (χ3n) is 2.88. The zero-order valence-corrected chi connectivity index (χ0v) is 15.3. The van der Waals surface area contributed by atoms with Crippen LogP contribution < -0.4 is 5.84 Å². The lowest BCUT2D eigenvalue weighted by Crippen LogP contribution is -2.40. The van der Waals surface area contributed by atoms with Crippen LogP contribution in [0.3, 0.4) is 0 Å². The first-order valence-corrected chi connectivity index (χ1v) is 8.42. The SMILES string of the molecule is COCCOCCOCCOCCN(N)C(=O)CCOCC(C)C. The van der Waals surface area contributed by atoms with E-state index < -0.39 is 0 Å². The molecule has 0 fully saturated rings. The number of methoxy groups -OCH3 is 1. The zero-order chi connectivity index (χ0) is 18.0. The third kappa shape index (κ3) is 16.1. The van der Waals surface area contributed by atoms with Crippen molar-refractivity contribution in [2.45, 2.75) is 20.3 Å². The summed E-state index contributed by atoms with van der Waals surface area (Å²) in [5.74, 6) is 5.98. The number of nitrogens with two attached hydrogens (primary N) is 1. The van der Waals surface area contributed by atoms with Crippen LogP contribution in [0.5, 0.6) is 0 Å². The molecule has 0 aromatic carbocycles. The van der Waals surface area contributed by atoms with E-state index in [2.05, 4.69) is 13.8 Å². The maximum absolute atomic E-state index is 11.7. The standard InChI is InChI=1S/C16H34N2O6/c1-15(2)14-24-6-4-16(19)18(17)5-7-21-10-11-23-13-12-22-9-8-20-3/h15H,4-14,17H2,1-3H3. The molecule has 1 amide bonds. The van der Waals surface area contributed by atoms with Crippen molar-refractivity contribution >= 4 is 5.91 Å². The van der Waals surface area contributed by atoms with Crippen LogP contribution in [0.25, 0.3) is 0 Å². The molecule has 0 atom stereocenters. The normalized spacial score (nSPS) is 11.2. The van der Waals surface area contributed by atoms with Crippen LogP contribution in [0.4, 0.5) is 0 Å². The van der Waals surface area contributed by atoms with Gasteiger partial charge in [-0.3, -0.25) is 9.80 Å². The molecule has 8 nitrogen and oxygen atoms in total.